The van der Waals surface area contributed by atoms with Crippen LogP contribution in [0.2, 0.25) is 0 Å². The summed E-state index contributed by atoms with van der Waals surface area (Å²) in [5.41, 5.74) is 4.01. The topological polar surface area (TPSA) is 68.2 Å². The second-order valence-corrected chi connectivity index (χ2v) is 7.79. The van der Waals surface area contributed by atoms with Crippen molar-refractivity contribution in [1.29, 1.82) is 0 Å². The summed E-state index contributed by atoms with van der Waals surface area (Å²) in [6, 6.07) is 9.73. The molecule has 1 saturated heterocycles. The van der Waals surface area contributed by atoms with Crippen LogP contribution >= 0.6 is 0 Å². The summed E-state index contributed by atoms with van der Waals surface area (Å²) in [7, 11) is 0. The van der Waals surface area contributed by atoms with Gasteiger partial charge in [0.25, 0.3) is 5.56 Å². The standard InChI is InChI=1S/C23H25NO6/c1-15-8-17-9-16(22-14-27-5-7-29-22)2-3-20(17)21-10-18(11-23(25)24(15)21)30-13-19-12-26-4-6-28-19/h2-3,9-11,14-15,19H,4-8,12-13H2,1H3/t15?,19-/m0/s1. The zero-order valence-electron chi connectivity index (χ0n) is 17.0. The Labute approximate surface area is 174 Å². The van der Waals surface area contributed by atoms with Crippen molar-refractivity contribution in [3.8, 4) is 17.0 Å². The van der Waals surface area contributed by atoms with Crippen LogP contribution in [0.15, 0.2) is 41.4 Å². The fourth-order valence-electron chi connectivity index (χ4n) is 4.22. The molecule has 1 fully saturated rings. The Bertz CT molecular complexity index is 1020. The molecule has 0 aliphatic carbocycles. The Morgan fingerprint density at radius 3 is 2.87 bits per heavy atom. The number of rotatable bonds is 4. The molecular formula is C23H25NO6. The number of ether oxygens (including phenoxy) is 5. The highest BCUT2D eigenvalue weighted by molar-refractivity contribution is 5.71. The maximum absolute atomic E-state index is 12.9. The molecule has 0 amide bonds. The molecular weight excluding hydrogens is 386 g/mol. The van der Waals surface area contributed by atoms with E-state index in [4.69, 9.17) is 23.7 Å². The van der Waals surface area contributed by atoms with E-state index in [1.807, 2.05) is 22.8 Å². The van der Waals surface area contributed by atoms with E-state index < -0.39 is 0 Å². The first-order valence-corrected chi connectivity index (χ1v) is 10.4. The van der Waals surface area contributed by atoms with Crippen LogP contribution in [-0.2, 0) is 25.4 Å². The maximum atomic E-state index is 12.9. The van der Waals surface area contributed by atoms with Crippen molar-refractivity contribution in [3.63, 3.8) is 0 Å². The van der Waals surface area contributed by atoms with Crippen LogP contribution in [0.1, 0.15) is 24.1 Å². The number of hydrogen-bond donors (Lipinski definition) is 0. The van der Waals surface area contributed by atoms with Crippen molar-refractivity contribution in [1.82, 2.24) is 4.57 Å². The van der Waals surface area contributed by atoms with Gasteiger partial charge in [-0.1, -0.05) is 12.1 Å². The van der Waals surface area contributed by atoms with Gasteiger partial charge in [-0.25, -0.2) is 0 Å². The molecule has 7 heteroatoms. The molecule has 5 rings (SSSR count). The quantitative estimate of drug-likeness (QED) is 0.771. The Balaban J connectivity index is 1.46. The van der Waals surface area contributed by atoms with Crippen molar-refractivity contribution >= 4 is 5.76 Å². The van der Waals surface area contributed by atoms with E-state index in [1.165, 1.54) is 5.56 Å². The summed E-state index contributed by atoms with van der Waals surface area (Å²) in [4.78, 5) is 12.9. The van der Waals surface area contributed by atoms with Crippen molar-refractivity contribution in [2.45, 2.75) is 25.5 Å². The molecule has 0 radical (unpaired) electrons. The fraction of sp³-hybridized carbons (Fsp3) is 0.435. The number of benzene rings is 1. The molecule has 2 aromatic rings. The molecule has 0 N–H and O–H groups in total. The Kier molecular flexibility index (Phi) is 5.23. The molecule has 1 aromatic heterocycles. The van der Waals surface area contributed by atoms with Crippen LogP contribution in [0, 0.1) is 0 Å². The smallest absolute Gasteiger partial charge is 0.254 e. The van der Waals surface area contributed by atoms with Gasteiger partial charge in [0.1, 0.15) is 37.9 Å². The molecule has 0 spiro atoms. The number of aromatic nitrogens is 1. The second-order valence-electron chi connectivity index (χ2n) is 7.79. The van der Waals surface area contributed by atoms with Gasteiger partial charge in [0.2, 0.25) is 0 Å². The second kappa shape index (κ2) is 8.16. The molecule has 3 aliphatic rings. The van der Waals surface area contributed by atoms with E-state index in [0.29, 0.717) is 45.4 Å². The van der Waals surface area contributed by atoms with Gasteiger partial charge in [-0.3, -0.25) is 4.79 Å². The largest absolute Gasteiger partial charge is 0.494 e. The molecule has 1 aromatic carbocycles. The van der Waals surface area contributed by atoms with Gasteiger partial charge in [-0.15, -0.1) is 0 Å². The highest BCUT2D eigenvalue weighted by Crippen LogP contribution is 2.36. The molecule has 7 nitrogen and oxygen atoms in total. The van der Waals surface area contributed by atoms with Gasteiger partial charge < -0.3 is 28.3 Å². The van der Waals surface area contributed by atoms with Crippen molar-refractivity contribution in [2.75, 3.05) is 39.6 Å². The Morgan fingerprint density at radius 2 is 2.07 bits per heavy atom. The minimum absolute atomic E-state index is 0.0527. The molecule has 2 atom stereocenters. The van der Waals surface area contributed by atoms with Crippen molar-refractivity contribution < 1.29 is 23.7 Å². The first-order valence-electron chi connectivity index (χ1n) is 10.4. The summed E-state index contributed by atoms with van der Waals surface area (Å²) >= 11 is 0. The zero-order chi connectivity index (χ0) is 20.5. The van der Waals surface area contributed by atoms with Crippen LogP contribution < -0.4 is 10.3 Å². The third-order valence-corrected chi connectivity index (χ3v) is 5.63. The van der Waals surface area contributed by atoms with E-state index in [-0.39, 0.29) is 17.7 Å². The number of fused-ring (bicyclic) bond motifs is 3. The van der Waals surface area contributed by atoms with Gasteiger partial charge in [0, 0.05) is 29.3 Å². The minimum Gasteiger partial charge on any atom is -0.494 e. The van der Waals surface area contributed by atoms with Crippen molar-refractivity contribution in [2.24, 2.45) is 0 Å². The minimum atomic E-state index is -0.114. The average molecular weight is 411 g/mol. The van der Waals surface area contributed by atoms with Gasteiger partial charge in [0.15, 0.2) is 5.76 Å². The lowest BCUT2D eigenvalue weighted by Gasteiger charge is -2.29. The molecule has 3 aliphatic heterocycles. The van der Waals surface area contributed by atoms with Crippen LogP contribution in [0.4, 0.5) is 0 Å². The molecule has 30 heavy (non-hydrogen) atoms. The van der Waals surface area contributed by atoms with Crippen molar-refractivity contribution in [3.05, 3.63) is 58.1 Å². The van der Waals surface area contributed by atoms with Crippen LogP contribution in [0.3, 0.4) is 0 Å². The normalized spacial score (nSPS) is 22.8. The highest BCUT2D eigenvalue weighted by Gasteiger charge is 2.25. The SMILES string of the molecule is CC1Cc2cc(C3=COCCO3)ccc2-c2cc(OC[C@@H]3COCCO3)cc(=O)n21. The summed E-state index contributed by atoms with van der Waals surface area (Å²) in [6.07, 6.45) is 2.33. The highest BCUT2D eigenvalue weighted by atomic mass is 16.6. The molecule has 0 bridgehead atoms. The number of pyridine rings is 1. The first kappa shape index (κ1) is 19.2. The lowest BCUT2D eigenvalue weighted by molar-refractivity contribution is -0.101. The maximum Gasteiger partial charge on any atom is 0.254 e. The van der Waals surface area contributed by atoms with E-state index >= 15 is 0 Å². The summed E-state index contributed by atoms with van der Waals surface area (Å²) in [6.45, 7) is 5.23. The first-order chi connectivity index (χ1) is 14.7. The van der Waals surface area contributed by atoms with Gasteiger partial charge >= 0.3 is 0 Å². The zero-order valence-corrected chi connectivity index (χ0v) is 17.0. The lowest BCUT2D eigenvalue weighted by Crippen LogP contribution is -2.34. The summed E-state index contributed by atoms with van der Waals surface area (Å²) in [5.74, 6) is 1.29. The number of nitrogens with zero attached hydrogens (tertiary/aromatic N) is 1. The van der Waals surface area contributed by atoms with Gasteiger partial charge in [0.05, 0.1) is 25.5 Å². The molecule has 1 unspecified atom stereocenters. The van der Waals surface area contributed by atoms with Crippen LogP contribution in [0.25, 0.3) is 17.0 Å². The van der Waals surface area contributed by atoms with E-state index in [2.05, 4.69) is 13.0 Å². The summed E-state index contributed by atoms with van der Waals surface area (Å²) < 4.78 is 29.9. The molecule has 0 saturated carbocycles. The van der Waals surface area contributed by atoms with Crippen LogP contribution in [0.5, 0.6) is 5.75 Å². The third kappa shape index (κ3) is 3.70. The van der Waals surface area contributed by atoms with E-state index in [9.17, 15) is 4.79 Å². The predicted octanol–water partition coefficient (Wildman–Crippen LogP) is 2.77. The van der Waals surface area contributed by atoms with Gasteiger partial charge in [-0.05, 0) is 25.0 Å². The third-order valence-electron chi connectivity index (χ3n) is 5.63. The monoisotopic (exact) mass is 411 g/mol. The van der Waals surface area contributed by atoms with Gasteiger partial charge in [-0.2, -0.15) is 0 Å². The van der Waals surface area contributed by atoms with E-state index in [0.717, 1.165) is 29.0 Å². The lowest BCUT2D eigenvalue weighted by atomic mass is 9.91. The molecule has 4 heterocycles. The van der Waals surface area contributed by atoms with Crippen LogP contribution in [-0.4, -0.2) is 50.3 Å². The van der Waals surface area contributed by atoms with E-state index in [1.54, 1.807) is 12.3 Å². The number of hydrogen-bond acceptors (Lipinski definition) is 6. The fourth-order valence-corrected chi connectivity index (χ4v) is 4.22. The predicted molar refractivity (Wildman–Crippen MR) is 110 cm³/mol. The molecule has 158 valence electrons. The summed E-state index contributed by atoms with van der Waals surface area (Å²) in [5, 5.41) is 0. The Morgan fingerprint density at radius 1 is 1.13 bits per heavy atom. The Hall–Kier alpha value is -2.77. The average Bonchev–Trinajstić information content (AvgIpc) is 2.78.